The van der Waals surface area contributed by atoms with Gasteiger partial charge in [0.1, 0.15) is 0 Å². The second-order valence-electron chi connectivity index (χ2n) is 7.86. The number of hydrogen-bond acceptors (Lipinski definition) is 4. The van der Waals surface area contributed by atoms with Crippen LogP contribution in [0.25, 0.3) is 0 Å². The largest absolute Gasteiger partial charge is 0.349 e. The Hall–Kier alpha value is -2.43. The number of amides is 1. The molecule has 1 aliphatic carbocycles. The number of nitrogens with one attached hydrogen (secondary N) is 1. The van der Waals surface area contributed by atoms with E-state index in [1.807, 2.05) is 19.9 Å². The van der Waals surface area contributed by atoms with Crippen LogP contribution < -0.4 is 10.2 Å². The van der Waals surface area contributed by atoms with Crippen LogP contribution in [0, 0.1) is 19.8 Å². The third-order valence-electron chi connectivity index (χ3n) is 5.80. The van der Waals surface area contributed by atoms with Crippen molar-refractivity contribution in [1.29, 1.82) is 0 Å². The molecule has 0 radical (unpaired) electrons. The lowest BCUT2D eigenvalue weighted by molar-refractivity contribution is -0.126. The number of carbonyl (C=O) groups is 1. The molecule has 142 valence electrons. The van der Waals surface area contributed by atoms with Crippen LogP contribution in [0.4, 0.5) is 5.95 Å². The minimum Gasteiger partial charge on any atom is -0.349 e. The lowest BCUT2D eigenvalue weighted by Gasteiger charge is -2.33. The van der Waals surface area contributed by atoms with E-state index < -0.39 is 0 Å². The molecule has 1 aromatic heterocycles. The number of benzene rings is 1. The van der Waals surface area contributed by atoms with E-state index in [9.17, 15) is 4.79 Å². The van der Waals surface area contributed by atoms with Crippen LogP contribution in [0.15, 0.2) is 30.3 Å². The number of rotatable bonds is 3. The Labute approximate surface area is 161 Å². The number of aryl methyl sites for hydroxylation is 3. The fourth-order valence-electron chi connectivity index (χ4n) is 4.38. The van der Waals surface area contributed by atoms with Crippen molar-refractivity contribution in [1.82, 2.24) is 15.3 Å². The third-order valence-corrected chi connectivity index (χ3v) is 5.80. The molecule has 2 aliphatic rings. The van der Waals surface area contributed by atoms with Gasteiger partial charge >= 0.3 is 0 Å². The normalized spacial score (nSPS) is 20.2. The highest BCUT2D eigenvalue weighted by atomic mass is 16.1. The Morgan fingerprint density at radius 1 is 1.07 bits per heavy atom. The van der Waals surface area contributed by atoms with E-state index >= 15 is 0 Å². The molecule has 0 saturated carbocycles. The lowest BCUT2D eigenvalue weighted by Crippen LogP contribution is -2.42. The second kappa shape index (κ2) is 7.67. The first-order valence-electron chi connectivity index (χ1n) is 10.1. The summed E-state index contributed by atoms with van der Waals surface area (Å²) in [4.78, 5) is 24.2. The van der Waals surface area contributed by atoms with Crippen LogP contribution in [0.3, 0.4) is 0 Å². The molecular weight excluding hydrogens is 336 g/mol. The van der Waals surface area contributed by atoms with Crippen molar-refractivity contribution in [3.8, 4) is 0 Å². The standard InChI is InChI=1S/C22H28N4O/c1-15-14-16(2)24-22(23-15)26-12-10-18(11-13-26)21(27)25-20-9-5-7-17-6-3-4-8-19(17)20/h3-4,6,8,14,18,20H,5,7,9-13H2,1-2H3,(H,25,27)/t20-/m0/s1. The van der Waals surface area contributed by atoms with Gasteiger partial charge in [0.2, 0.25) is 11.9 Å². The average molecular weight is 364 g/mol. The Morgan fingerprint density at radius 3 is 2.52 bits per heavy atom. The molecule has 27 heavy (non-hydrogen) atoms. The zero-order chi connectivity index (χ0) is 18.8. The van der Waals surface area contributed by atoms with Gasteiger partial charge in [-0.25, -0.2) is 9.97 Å². The van der Waals surface area contributed by atoms with Gasteiger partial charge in [0.05, 0.1) is 6.04 Å². The first-order valence-corrected chi connectivity index (χ1v) is 10.1. The molecule has 1 amide bonds. The molecule has 0 unspecified atom stereocenters. The number of carbonyl (C=O) groups excluding carboxylic acids is 1. The van der Waals surface area contributed by atoms with Crippen LogP contribution in [-0.4, -0.2) is 29.0 Å². The molecule has 1 N–H and O–H groups in total. The summed E-state index contributed by atoms with van der Waals surface area (Å²) < 4.78 is 0. The lowest BCUT2D eigenvalue weighted by atomic mass is 9.87. The average Bonchev–Trinajstić information content (AvgIpc) is 2.68. The number of fused-ring (bicyclic) bond motifs is 1. The molecular formula is C22H28N4O. The topological polar surface area (TPSA) is 58.1 Å². The van der Waals surface area contributed by atoms with Gasteiger partial charge in [-0.2, -0.15) is 0 Å². The van der Waals surface area contributed by atoms with Gasteiger partial charge in [0.25, 0.3) is 0 Å². The van der Waals surface area contributed by atoms with Crippen molar-refractivity contribution in [2.45, 2.75) is 52.0 Å². The maximum Gasteiger partial charge on any atom is 0.225 e. The maximum absolute atomic E-state index is 12.9. The van der Waals surface area contributed by atoms with E-state index in [2.05, 4.69) is 44.5 Å². The fourth-order valence-corrected chi connectivity index (χ4v) is 4.38. The summed E-state index contributed by atoms with van der Waals surface area (Å²) in [5.41, 5.74) is 4.68. The monoisotopic (exact) mass is 364 g/mol. The van der Waals surface area contributed by atoms with Crippen molar-refractivity contribution in [3.63, 3.8) is 0 Å². The number of piperidine rings is 1. The minimum atomic E-state index is 0.0845. The predicted octanol–water partition coefficient (Wildman–Crippen LogP) is 3.50. The summed E-state index contributed by atoms with van der Waals surface area (Å²) in [7, 11) is 0. The van der Waals surface area contributed by atoms with Gasteiger partial charge in [-0.1, -0.05) is 24.3 Å². The molecule has 5 heteroatoms. The van der Waals surface area contributed by atoms with Gasteiger partial charge in [-0.05, 0) is 63.1 Å². The van der Waals surface area contributed by atoms with E-state index in [0.29, 0.717) is 0 Å². The molecule has 0 bridgehead atoms. The van der Waals surface area contributed by atoms with Gasteiger partial charge in [0.15, 0.2) is 0 Å². The highest BCUT2D eigenvalue weighted by Crippen LogP contribution is 2.30. The van der Waals surface area contributed by atoms with Crippen LogP contribution in [0.5, 0.6) is 0 Å². The number of hydrogen-bond donors (Lipinski definition) is 1. The number of anilines is 1. The molecule has 4 rings (SSSR count). The molecule has 2 aromatic rings. The smallest absolute Gasteiger partial charge is 0.225 e. The van der Waals surface area contributed by atoms with Gasteiger partial charge in [-0.3, -0.25) is 4.79 Å². The van der Waals surface area contributed by atoms with Crippen molar-refractivity contribution < 1.29 is 4.79 Å². The van der Waals surface area contributed by atoms with E-state index in [1.54, 1.807) is 0 Å². The van der Waals surface area contributed by atoms with Crippen LogP contribution in [0.1, 0.15) is 54.2 Å². The summed E-state index contributed by atoms with van der Waals surface area (Å²) in [6.45, 7) is 5.67. The summed E-state index contributed by atoms with van der Waals surface area (Å²) in [6, 6.07) is 10.7. The molecule has 2 heterocycles. The van der Waals surface area contributed by atoms with E-state index in [0.717, 1.165) is 62.5 Å². The Morgan fingerprint density at radius 2 is 1.78 bits per heavy atom. The molecule has 0 spiro atoms. The summed E-state index contributed by atoms with van der Waals surface area (Å²) in [5, 5.41) is 3.33. The Balaban J connectivity index is 1.37. The van der Waals surface area contributed by atoms with Crippen LogP contribution >= 0.6 is 0 Å². The second-order valence-corrected chi connectivity index (χ2v) is 7.86. The molecule has 5 nitrogen and oxygen atoms in total. The quantitative estimate of drug-likeness (QED) is 0.906. The molecule has 1 fully saturated rings. The van der Waals surface area contributed by atoms with Gasteiger partial charge < -0.3 is 10.2 Å². The van der Waals surface area contributed by atoms with Crippen molar-refractivity contribution in [2.75, 3.05) is 18.0 Å². The third kappa shape index (κ3) is 3.97. The number of aromatic nitrogens is 2. The zero-order valence-electron chi connectivity index (χ0n) is 16.2. The fraction of sp³-hybridized carbons (Fsp3) is 0.500. The molecule has 1 aliphatic heterocycles. The Kier molecular flexibility index (Phi) is 5.10. The predicted molar refractivity (Wildman–Crippen MR) is 107 cm³/mol. The van der Waals surface area contributed by atoms with Gasteiger partial charge in [-0.15, -0.1) is 0 Å². The number of nitrogens with zero attached hydrogens (tertiary/aromatic N) is 3. The molecule has 1 atom stereocenters. The first-order chi connectivity index (χ1) is 13.1. The summed E-state index contributed by atoms with van der Waals surface area (Å²) in [6.07, 6.45) is 5.02. The Bertz CT molecular complexity index is 807. The van der Waals surface area contributed by atoms with Crippen molar-refractivity contribution >= 4 is 11.9 Å². The highest BCUT2D eigenvalue weighted by Gasteiger charge is 2.29. The van der Waals surface area contributed by atoms with E-state index in [-0.39, 0.29) is 17.9 Å². The summed E-state index contributed by atoms with van der Waals surface area (Å²) in [5.74, 6) is 1.09. The SMILES string of the molecule is Cc1cc(C)nc(N2CCC(C(=O)N[C@H]3CCCc4ccccc43)CC2)n1. The zero-order valence-corrected chi connectivity index (χ0v) is 16.2. The summed E-state index contributed by atoms with van der Waals surface area (Å²) >= 11 is 0. The van der Waals surface area contributed by atoms with Crippen LogP contribution in [-0.2, 0) is 11.2 Å². The minimum absolute atomic E-state index is 0.0845. The molecule has 1 saturated heterocycles. The first kappa shape index (κ1) is 18.0. The van der Waals surface area contributed by atoms with E-state index in [4.69, 9.17) is 0 Å². The van der Waals surface area contributed by atoms with Gasteiger partial charge in [0, 0.05) is 30.4 Å². The van der Waals surface area contributed by atoms with Crippen molar-refractivity contribution in [3.05, 3.63) is 52.8 Å². The molecule has 1 aromatic carbocycles. The van der Waals surface area contributed by atoms with Crippen molar-refractivity contribution in [2.24, 2.45) is 5.92 Å². The van der Waals surface area contributed by atoms with Crippen LogP contribution in [0.2, 0.25) is 0 Å². The highest BCUT2D eigenvalue weighted by molar-refractivity contribution is 5.79. The van der Waals surface area contributed by atoms with E-state index in [1.165, 1.54) is 11.1 Å². The maximum atomic E-state index is 12.9.